The lowest BCUT2D eigenvalue weighted by Gasteiger charge is -2.25. The summed E-state index contributed by atoms with van der Waals surface area (Å²) in [6, 6.07) is 18.5. The fourth-order valence-corrected chi connectivity index (χ4v) is 6.60. The summed E-state index contributed by atoms with van der Waals surface area (Å²) >= 11 is 3.39. The number of nitro benzene ring substituents is 1. The first-order chi connectivity index (χ1) is 20.7. The Morgan fingerprint density at radius 3 is 2.49 bits per heavy atom. The summed E-state index contributed by atoms with van der Waals surface area (Å²) in [7, 11) is 2.85. The molecule has 1 atom stereocenters. The quantitative estimate of drug-likeness (QED) is 0.105. The molecule has 0 N–H and O–H groups in total. The molecule has 0 radical (unpaired) electrons. The highest BCUT2D eigenvalue weighted by Gasteiger charge is 2.33. The van der Waals surface area contributed by atoms with Crippen LogP contribution >= 0.6 is 33.9 Å². The van der Waals surface area contributed by atoms with Gasteiger partial charge in [-0.05, 0) is 76.0 Å². The Hall–Kier alpha value is -4.30. The Balaban J connectivity index is 1.54. The average molecular weight is 712 g/mol. The molecule has 0 saturated carbocycles. The summed E-state index contributed by atoms with van der Waals surface area (Å²) in [5.41, 5.74) is 2.92. The van der Waals surface area contributed by atoms with Crippen molar-refractivity contribution in [1.82, 2.24) is 4.57 Å². The second-order valence-electron chi connectivity index (χ2n) is 9.45. The van der Waals surface area contributed by atoms with Gasteiger partial charge in [0.1, 0.15) is 6.61 Å². The number of nitrogens with zero attached hydrogens (tertiary/aromatic N) is 3. The summed E-state index contributed by atoms with van der Waals surface area (Å²) in [4.78, 5) is 42.5. The van der Waals surface area contributed by atoms with Crippen molar-refractivity contribution in [2.45, 2.75) is 26.0 Å². The molecule has 0 amide bonds. The number of aromatic nitrogens is 1. The minimum absolute atomic E-state index is 0.00747. The zero-order valence-electron chi connectivity index (χ0n) is 23.4. The molecule has 0 saturated heterocycles. The van der Waals surface area contributed by atoms with Crippen LogP contribution < -0.4 is 24.4 Å². The van der Waals surface area contributed by atoms with E-state index in [4.69, 9.17) is 19.2 Å². The van der Waals surface area contributed by atoms with Crippen molar-refractivity contribution in [3.8, 4) is 11.5 Å². The lowest BCUT2D eigenvalue weighted by molar-refractivity contribution is -0.384. The van der Waals surface area contributed by atoms with Crippen LogP contribution in [-0.2, 0) is 16.1 Å². The van der Waals surface area contributed by atoms with E-state index in [1.165, 1.54) is 37.7 Å². The Morgan fingerprint density at radius 2 is 1.86 bits per heavy atom. The summed E-state index contributed by atoms with van der Waals surface area (Å²) < 4.78 is 19.5. The smallest absolute Gasteiger partial charge is 0.338 e. The van der Waals surface area contributed by atoms with E-state index in [1.807, 2.05) is 43.3 Å². The van der Waals surface area contributed by atoms with Gasteiger partial charge in [0, 0.05) is 12.1 Å². The summed E-state index contributed by atoms with van der Waals surface area (Å²) in [5.74, 6) is 0.461. The second kappa shape index (κ2) is 12.9. The van der Waals surface area contributed by atoms with E-state index in [9.17, 15) is 19.7 Å². The van der Waals surface area contributed by atoms with Crippen LogP contribution in [-0.4, -0.2) is 29.7 Å². The van der Waals surface area contributed by atoms with Gasteiger partial charge < -0.3 is 14.2 Å². The van der Waals surface area contributed by atoms with E-state index < -0.39 is 16.9 Å². The molecule has 1 aliphatic rings. The number of hydrogen-bond donors (Lipinski definition) is 0. The fraction of sp³-hybridized carbons (Fsp3) is 0.194. The van der Waals surface area contributed by atoms with Crippen LogP contribution in [0.15, 0.2) is 87.8 Å². The number of nitro groups is 1. The molecule has 12 heteroatoms. The third kappa shape index (κ3) is 6.11. The van der Waals surface area contributed by atoms with Gasteiger partial charge in [-0.2, -0.15) is 0 Å². The van der Waals surface area contributed by atoms with Gasteiger partial charge in [-0.3, -0.25) is 19.5 Å². The van der Waals surface area contributed by atoms with Gasteiger partial charge in [0.05, 0.1) is 44.6 Å². The molecule has 0 fully saturated rings. The molecule has 220 valence electrons. The first-order valence-electron chi connectivity index (χ1n) is 13.2. The molecular weight excluding hydrogens is 685 g/mol. The van der Waals surface area contributed by atoms with Crippen molar-refractivity contribution < 1.29 is 23.9 Å². The van der Waals surface area contributed by atoms with Gasteiger partial charge in [0.25, 0.3) is 11.2 Å². The number of carbonyl (C=O) groups is 1. The van der Waals surface area contributed by atoms with Crippen LogP contribution in [0.2, 0.25) is 0 Å². The second-order valence-corrected chi connectivity index (χ2v) is 11.6. The van der Waals surface area contributed by atoms with Gasteiger partial charge in [-0.1, -0.05) is 48.6 Å². The third-order valence-electron chi connectivity index (χ3n) is 6.85. The molecule has 1 aromatic heterocycles. The number of fused-ring (bicyclic) bond motifs is 1. The minimum atomic E-state index is -0.674. The van der Waals surface area contributed by atoms with E-state index in [2.05, 4.69) is 22.6 Å². The van der Waals surface area contributed by atoms with Gasteiger partial charge in [-0.15, -0.1) is 0 Å². The van der Waals surface area contributed by atoms with Crippen molar-refractivity contribution >= 4 is 51.7 Å². The van der Waals surface area contributed by atoms with E-state index in [1.54, 1.807) is 28.8 Å². The maximum atomic E-state index is 13.9. The van der Waals surface area contributed by atoms with Gasteiger partial charge >= 0.3 is 5.97 Å². The van der Waals surface area contributed by atoms with Crippen LogP contribution in [0.5, 0.6) is 11.5 Å². The molecular formula is C31H26IN3O7S. The Kier molecular flexibility index (Phi) is 9.06. The molecule has 2 heterocycles. The number of esters is 1. The molecule has 0 spiro atoms. The molecule has 43 heavy (non-hydrogen) atoms. The highest BCUT2D eigenvalue weighted by Crippen LogP contribution is 2.35. The highest BCUT2D eigenvalue weighted by molar-refractivity contribution is 14.1. The molecule has 1 aliphatic heterocycles. The lowest BCUT2D eigenvalue weighted by atomic mass is 9.95. The van der Waals surface area contributed by atoms with E-state index >= 15 is 0 Å². The van der Waals surface area contributed by atoms with Crippen LogP contribution in [0.4, 0.5) is 5.69 Å². The van der Waals surface area contributed by atoms with Gasteiger partial charge in [-0.25, -0.2) is 9.79 Å². The highest BCUT2D eigenvalue weighted by atomic mass is 127. The normalized spacial score (nSPS) is 14.6. The number of benzene rings is 3. The minimum Gasteiger partial charge on any atom is -0.493 e. The molecule has 0 aliphatic carbocycles. The van der Waals surface area contributed by atoms with Crippen LogP contribution in [0.3, 0.4) is 0 Å². The number of allylic oxidation sites excluding steroid dienone is 1. The number of ether oxygens (including phenoxy) is 3. The van der Waals surface area contributed by atoms with Crippen molar-refractivity contribution in [3.63, 3.8) is 0 Å². The number of rotatable bonds is 9. The van der Waals surface area contributed by atoms with Gasteiger partial charge in [0.15, 0.2) is 16.3 Å². The summed E-state index contributed by atoms with van der Waals surface area (Å²) in [6.45, 7) is 2.10. The molecule has 3 aromatic carbocycles. The maximum Gasteiger partial charge on any atom is 0.338 e. The van der Waals surface area contributed by atoms with E-state index in [0.717, 1.165) is 14.7 Å². The van der Waals surface area contributed by atoms with Crippen molar-refractivity contribution in [3.05, 3.63) is 128 Å². The SMILES string of the molecule is CCC1=C(C(=O)OC)[C@H](c2ccccc2)n2c(s/c(=C\c3cc(I)c(OCc4ccc([N+](=O)[O-])cc4)c(OC)c3)c2=O)=N1. The lowest BCUT2D eigenvalue weighted by Crippen LogP contribution is -2.40. The van der Waals surface area contributed by atoms with Crippen LogP contribution in [0, 0.1) is 13.7 Å². The number of hydrogen-bond acceptors (Lipinski definition) is 9. The van der Waals surface area contributed by atoms with Crippen molar-refractivity contribution in [2.24, 2.45) is 4.99 Å². The third-order valence-corrected chi connectivity index (χ3v) is 8.63. The van der Waals surface area contributed by atoms with Crippen LogP contribution in [0.1, 0.15) is 36.1 Å². The topological polar surface area (TPSA) is 122 Å². The number of halogens is 1. The van der Waals surface area contributed by atoms with E-state index in [-0.39, 0.29) is 17.9 Å². The van der Waals surface area contributed by atoms with Crippen molar-refractivity contribution in [2.75, 3.05) is 14.2 Å². The van der Waals surface area contributed by atoms with E-state index in [0.29, 0.717) is 44.1 Å². The number of non-ortho nitro benzene ring substituents is 1. The molecule has 10 nitrogen and oxygen atoms in total. The fourth-order valence-electron chi connectivity index (χ4n) is 4.80. The van der Waals surface area contributed by atoms with Gasteiger partial charge in [0.2, 0.25) is 0 Å². The zero-order chi connectivity index (χ0) is 30.7. The standard InChI is InChI=1S/C31H26IN3O7S/c1-4-23-26(30(37)41-3)27(20-8-6-5-7-9-20)34-29(36)25(43-31(34)33-23)16-19-14-22(32)28(24(15-19)40-2)42-17-18-10-12-21(13-11-18)35(38)39/h5-16,27H,4,17H2,1-3H3/b25-16-/t27-/m0/s1. The first kappa shape index (κ1) is 30.2. The summed E-state index contributed by atoms with van der Waals surface area (Å²) in [5, 5.41) is 10.9. The number of thiazole rings is 1. The van der Waals surface area contributed by atoms with Crippen LogP contribution in [0.25, 0.3) is 6.08 Å². The predicted octanol–water partition coefficient (Wildman–Crippen LogP) is 4.90. The maximum absolute atomic E-state index is 13.9. The van der Waals surface area contributed by atoms with Crippen molar-refractivity contribution in [1.29, 1.82) is 0 Å². The number of carbonyl (C=O) groups excluding carboxylic acids is 1. The predicted molar refractivity (Wildman–Crippen MR) is 170 cm³/mol. The molecule has 4 aromatic rings. The summed E-state index contributed by atoms with van der Waals surface area (Å²) in [6.07, 6.45) is 2.26. The molecule has 5 rings (SSSR count). The Bertz CT molecular complexity index is 1920. The largest absolute Gasteiger partial charge is 0.493 e. The zero-order valence-corrected chi connectivity index (χ0v) is 26.4. The Labute approximate surface area is 263 Å². The Morgan fingerprint density at radius 1 is 1.14 bits per heavy atom. The molecule has 0 bridgehead atoms. The first-order valence-corrected chi connectivity index (χ1v) is 15.1. The number of methoxy groups -OCH3 is 2. The molecule has 0 unspecified atom stereocenters. The monoisotopic (exact) mass is 711 g/mol. The average Bonchev–Trinajstić information content (AvgIpc) is 3.33.